The minimum Gasteiger partial charge on any atom is -0.444 e. The molecule has 0 radical (unpaired) electrons. The average Bonchev–Trinajstić information content (AvgIpc) is 2.73. The fourth-order valence-electron chi connectivity index (χ4n) is 2.63. The summed E-state index contributed by atoms with van der Waals surface area (Å²) < 4.78 is 5.46. The van der Waals surface area contributed by atoms with E-state index in [4.69, 9.17) is 10.5 Å². The first-order valence-corrected chi connectivity index (χ1v) is 7.35. The molecular weight excluding hydrogens is 236 g/mol. The summed E-state index contributed by atoms with van der Waals surface area (Å²) in [6.07, 6.45) is -0.175. The van der Waals surface area contributed by atoms with Gasteiger partial charge in [0, 0.05) is 18.3 Å². The zero-order valence-corrected chi connectivity index (χ0v) is 11.6. The van der Waals surface area contributed by atoms with Gasteiger partial charge in [-0.15, -0.1) is 0 Å². The molecule has 2 aliphatic heterocycles. The van der Waals surface area contributed by atoms with Gasteiger partial charge in [0.05, 0.1) is 0 Å². The number of likely N-dealkylation sites (tertiary alicyclic amines) is 1. The number of carbonyl (C=O) groups excluding carboxylic acids is 1. The molecule has 2 heterocycles. The van der Waals surface area contributed by atoms with E-state index in [-0.39, 0.29) is 6.09 Å². The van der Waals surface area contributed by atoms with Gasteiger partial charge in [-0.1, -0.05) is 0 Å². The molecule has 2 fully saturated rings. The number of hydrogen-bond acceptors (Lipinski definition) is 4. The predicted molar refractivity (Wildman–Crippen MR) is 70.1 cm³/mol. The molecule has 0 spiro atoms. The van der Waals surface area contributed by atoms with Crippen LogP contribution in [0.15, 0.2) is 0 Å². The fourth-order valence-corrected chi connectivity index (χ4v) is 4.21. The summed E-state index contributed by atoms with van der Waals surface area (Å²) in [5, 5.41) is 0. The molecule has 0 aromatic carbocycles. The van der Waals surface area contributed by atoms with Crippen molar-refractivity contribution in [2.24, 2.45) is 17.6 Å². The SMILES string of the molecule is CC(C)(C)OC(=O)N1CC(CN)C2CSCC21. The lowest BCUT2D eigenvalue weighted by Gasteiger charge is -2.27. The normalized spacial score (nSPS) is 32.7. The summed E-state index contributed by atoms with van der Waals surface area (Å²) in [6.45, 7) is 7.15. The molecule has 0 aliphatic carbocycles. The number of thioether (sulfide) groups is 1. The monoisotopic (exact) mass is 258 g/mol. The number of hydrogen-bond donors (Lipinski definition) is 1. The van der Waals surface area contributed by atoms with Crippen molar-refractivity contribution < 1.29 is 9.53 Å². The fraction of sp³-hybridized carbons (Fsp3) is 0.917. The first kappa shape index (κ1) is 13.0. The Morgan fingerprint density at radius 3 is 2.76 bits per heavy atom. The second-order valence-corrected chi connectivity index (χ2v) is 6.97. The van der Waals surface area contributed by atoms with Crippen LogP contribution in [0.2, 0.25) is 0 Å². The molecule has 17 heavy (non-hydrogen) atoms. The van der Waals surface area contributed by atoms with Gasteiger partial charge in [0.15, 0.2) is 0 Å². The van der Waals surface area contributed by atoms with E-state index in [1.165, 1.54) is 0 Å². The van der Waals surface area contributed by atoms with Crippen molar-refractivity contribution in [1.82, 2.24) is 4.90 Å². The summed E-state index contributed by atoms with van der Waals surface area (Å²) in [6, 6.07) is 0.336. The lowest BCUT2D eigenvalue weighted by molar-refractivity contribution is 0.0230. The highest BCUT2D eigenvalue weighted by Crippen LogP contribution is 2.39. The molecule has 2 rings (SSSR count). The van der Waals surface area contributed by atoms with Crippen molar-refractivity contribution in [3.63, 3.8) is 0 Å². The van der Waals surface area contributed by atoms with Gasteiger partial charge < -0.3 is 15.4 Å². The maximum Gasteiger partial charge on any atom is 0.410 e. The Kier molecular flexibility index (Phi) is 3.59. The van der Waals surface area contributed by atoms with Gasteiger partial charge in [0.1, 0.15) is 5.60 Å². The zero-order valence-electron chi connectivity index (χ0n) is 10.8. The van der Waals surface area contributed by atoms with Gasteiger partial charge in [-0.3, -0.25) is 0 Å². The first-order valence-electron chi connectivity index (χ1n) is 6.20. The molecule has 0 bridgehead atoms. The van der Waals surface area contributed by atoms with Gasteiger partial charge in [0.25, 0.3) is 0 Å². The van der Waals surface area contributed by atoms with Gasteiger partial charge >= 0.3 is 6.09 Å². The Morgan fingerprint density at radius 2 is 2.18 bits per heavy atom. The van der Waals surface area contributed by atoms with Crippen LogP contribution in [0.3, 0.4) is 0 Å². The van der Waals surface area contributed by atoms with E-state index >= 15 is 0 Å². The highest BCUT2D eigenvalue weighted by Gasteiger charge is 2.47. The number of carbonyl (C=O) groups is 1. The van der Waals surface area contributed by atoms with Crippen LogP contribution in [0.5, 0.6) is 0 Å². The van der Waals surface area contributed by atoms with Crippen molar-refractivity contribution in [1.29, 1.82) is 0 Å². The minimum absolute atomic E-state index is 0.175. The third-order valence-electron chi connectivity index (χ3n) is 3.46. The molecule has 2 N–H and O–H groups in total. The summed E-state index contributed by atoms with van der Waals surface area (Å²) in [7, 11) is 0. The lowest BCUT2D eigenvalue weighted by atomic mass is 9.94. The van der Waals surface area contributed by atoms with E-state index in [9.17, 15) is 4.79 Å². The molecule has 2 aliphatic rings. The molecule has 98 valence electrons. The summed E-state index contributed by atoms with van der Waals surface area (Å²) in [5.41, 5.74) is 5.37. The van der Waals surface area contributed by atoms with Crippen LogP contribution in [0.25, 0.3) is 0 Å². The maximum atomic E-state index is 12.1. The van der Waals surface area contributed by atoms with Gasteiger partial charge in [0.2, 0.25) is 0 Å². The van der Waals surface area contributed by atoms with Crippen molar-refractivity contribution >= 4 is 17.9 Å². The van der Waals surface area contributed by atoms with Crippen LogP contribution in [0, 0.1) is 11.8 Å². The van der Waals surface area contributed by atoms with E-state index < -0.39 is 5.60 Å². The van der Waals surface area contributed by atoms with E-state index in [1.807, 2.05) is 37.4 Å². The topological polar surface area (TPSA) is 55.6 Å². The molecular formula is C12H22N2O2S. The lowest BCUT2D eigenvalue weighted by Crippen LogP contribution is -2.41. The predicted octanol–water partition coefficient (Wildman–Crippen LogP) is 1.54. The summed E-state index contributed by atoms with van der Waals surface area (Å²) in [5.74, 6) is 3.17. The number of fused-ring (bicyclic) bond motifs is 1. The van der Waals surface area contributed by atoms with Crippen LogP contribution in [-0.4, -0.2) is 47.2 Å². The second-order valence-electron chi connectivity index (χ2n) is 5.90. The summed E-state index contributed by atoms with van der Waals surface area (Å²) in [4.78, 5) is 14.0. The van der Waals surface area contributed by atoms with Crippen molar-refractivity contribution in [2.45, 2.75) is 32.4 Å². The number of amides is 1. The molecule has 1 amide bonds. The van der Waals surface area contributed by atoms with E-state index in [2.05, 4.69) is 0 Å². The van der Waals surface area contributed by atoms with Gasteiger partial charge in [-0.25, -0.2) is 4.79 Å². The summed E-state index contributed by atoms with van der Waals surface area (Å²) >= 11 is 1.92. The zero-order chi connectivity index (χ0) is 12.6. The number of nitrogens with two attached hydrogens (primary N) is 1. The minimum atomic E-state index is -0.418. The Balaban J connectivity index is 2.04. The van der Waals surface area contributed by atoms with Crippen LogP contribution >= 0.6 is 11.8 Å². The molecule has 3 atom stereocenters. The Bertz CT molecular complexity index is 303. The molecule has 3 unspecified atom stereocenters. The second kappa shape index (κ2) is 4.69. The molecule has 2 saturated heterocycles. The van der Waals surface area contributed by atoms with E-state index in [0.29, 0.717) is 24.4 Å². The van der Waals surface area contributed by atoms with Crippen molar-refractivity contribution in [2.75, 3.05) is 24.6 Å². The quantitative estimate of drug-likeness (QED) is 0.775. The van der Waals surface area contributed by atoms with Crippen LogP contribution in [-0.2, 0) is 4.74 Å². The number of nitrogens with zero attached hydrogens (tertiary/aromatic N) is 1. The first-order chi connectivity index (χ1) is 7.92. The highest BCUT2D eigenvalue weighted by molar-refractivity contribution is 7.99. The van der Waals surface area contributed by atoms with Gasteiger partial charge in [-0.05, 0) is 44.9 Å². The Hall–Kier alpha value is -0.420. The molecule has 0 aromatic rings. The Morgan fingerprint density at radius 1 is 1.47 bits per heavy atom. The highest BCUT2D eigenvalue weighted by atomic mass is 32.2. The Labute approximate surface area is 107 Å². The molecule has 5 heteroatoms. The largest absolute Gasteiger partial charge is 0.444 e. The number of ether oxygens (including phenoxy) is 1. The molecule has 4 nitrogen and oxygen atoms in total. The van der Waals surface area contributed by atoms with Crippen LogP contribution in [0.4, 0.5) is 4.79 Å². The van der Waals surface area contributed by atoms with E-state index in [0.717, 1.165) is 18.1 Å². The van der Waals surface area contributed by atoms with Crippen LogP contribution < -0.4 is 5.73 Å². The van der Waals surface area contributed by atoms with Crippen molar-refractivity contribution in [3.05, 3.63) is 0 Å². The molecule has 0 saturated carbocycles. The maximum absolute atomic E-state index is 12.1. The third-order valence-corrected chi connectivity index (χ3v) is 4.66. The average molecular weight is 258 g/mol. The van der Waals surface area contributed by atoms with E-state index in [1.54, 1.807) is 0 Å². The molecule has 0 aromatic heterocycles. The standard InChI is InChI=1S/C12H22N2O2S/c1-12(2,3)16-11(15)14-5-8(4-13)9-6-17-7-10(9)14/h8-10H,4-7,13H2,1-3H3. The number of rotatable bonds is 1. The van der Waals surface area contributed by atoms with Gasteiger partial charge in [-0.2, -0.15) is 11.8 Å². The van der Waals surface area contributed by atoms with Crippen molar-refractivity contribution in [3.8, 4) is 0 Å². The third kappa shape index (κ3) is 2.71. The smallest absolute Gasteiger partial charge is 0.410 e. The van der Waals surface area contributed by atoms with Crippen LogP contribution in [0.1, 0.15) is 20.8 Å².